The fraction of sp³-hybridized carbons (Fsp3) is 0.500. The zero-order valence-corrected chi connectivity index (χ0v) is 12.3. The van der Waals surface area contributed by atoms with Crippen molar-refractivity contribution in [1.82, 2.24) is 5.32 Å². The van der Waals surface area contributed by atoms with Crippen molar-refractivity contribution >= 4 is 18.3 Å². The van der Waals surface area contributed by atoms with Gasteiger partial charge in [0, 0.05) is 19.8 Å². The van der Waals surface area contributed by atoms with Gasteiger partial charge in [-0.15, -0.1) is 12.4 Å². The molecule has 1 unspecified atom stereocenters. The minimum absolute atomic E-state index is 0. The van der Waals surface area contributed by atoms with Crippen LogP contribution in [0, 0.1) is 17.6 Å². The Hall–Kier alpha value is -1.24. The lowest BCUT2D eigenvalue weighted by molar-refractivity contribution is -0.124. The summed E-state index contributed by atoms with van der Waals surface area (Å²) in [6.45, 7) is 1.37. The van der Waals surface area contributed by atoms with E-state index >= 15 is 0 Å². The van der Waals surface area contributed by atoms with Crippen molar-refractivity contribution in [3.8, 4) is 0 Å². The summed E-state index contributed by atoms with van der Waals surface area (Å²) in [4.78, 5) is 11.9. The van der Waals surface area contributed by atoms with Gasteiger partial charge in [-0.25, -0.2) is 8.78 Å². The first-order valence-corrected chi connectivity index (χ1v) is 6.63. The van der Waals surface area contributed by atoms with E-state index in [9.17, 15) is 13.6 Å². The maximum atomic E-state index is 13.0. The summed E-state index contributed by atoms with van der Waals surface area (Å²) in [6, 6.07) is 2.94. The van der Waals surface area contributed by atoms with Crippen molar-refractivity contribution in [2.45, 2.75) is 25.4 Å². The quantitative estimate of drug-likeness (QED) is 0.888. The lowest BCUT2D eigenvalue weighted by Gasteiger charge is -2.26. The lowest BCUT2D eigenvalue weighted by Crippen LogP contribution is -2.46. The van der Waals surface area contributed by atoms with Crippen LogP contribution in [0.25, 0.3) is 0 Å². The van der Waals surface area contributed by atoms with Gasteiger partial charge in [0.1, 0.15) is 0 Å². The van der Waals surface area contributed by atoms with Gasteiger partial charge in [-0.3, -0.25) is 4.79 Å². The van der Waals surface area contributed by atoms with Crippen LogP contribution in [-0.4, -0.2) is 25.2 Å². The molecule has 1 aromatic rings. The van der Waals surface area contributed by atoms with E-state index in [1.807, 2.05) is 0 Å². The fourth-order valence-electron chi connectivity index (χ4n) is 2.25. The molecule has 4 nitrogen and oxygen atoms in total. The van der Waals surface area contributed by atoms with Gasteiger partial charge in [-0.05, 0) is 36.5 Å². The number of carbonyl (C=O) groups is 1. The predicted molar refractivity (Wildman–Crippen MR) is 77.0 cm³/mol. The van der Waals surface area contributed by atoms with Gasteiger partial charge < -0.3 is 15.8 Å². The first kappa shape index (κ1) is 17.8. The van der Waals surface area contributed by atoms with E-state index in [2.05, 4.69) is 5.32 Å². The predicted octanol–water partition coefficient (Wildman–Crippen LogP) is 1.76. The largest absolute Gasteiger partial charge is 0.381 e. The second-order valence-electron chi connectivity index (χ2n) is 4.94. The van der Waals surface area contributed by atoms with Gasteiger partial charge in [0.15, 0.2) is 11.6 Å². The topological polar surface area (TPSA) is 64.4 Å². The van der Waals surface area contributed by atoms with Gasteiger partial charge in [0.2, 0.25) is 5.91 Å². The minimum atomic E-state index is -0.925. The third-order valence-corrected chi connectivity index (χ3v) is 3.53. The molecule has 0 radical (unpaired) electrons. The Morgan fingerprint density at radius 2 is 2.00 bits per heavy atom. The average Bonchev–Trinajstić information content (AvgIpc) is 2.48. The molecule has 1 amide bonds. The van der Waals surface area contributed by atoms with Gasteiger partial charge in [-0.2, -0.15) is 0 Å². The molecule has 1 aromatic carbocycles. The molecule has 7 heteroatoms. The molecule has 21 heavy (non-hydrogen) atoms. The molecule has 1 atom stereocenters. The van der Waals surface area contributed by atoms with E-state index in [1.165, 1.54) is 6.07 Å². The van der Waals surface area contributed by atoms with Crippen LogP contribution in [0.1, 0.15) is 18.4 Å². The van der Waals surface area contributed by atoms with E-state index in [-0.39, 0.29) is 30.8 Å². The molecule has 0 aliphatic carbocycles. The Kier molecular flexibility index (Phi) is 7.01. The van der Waals surface area contributed by atoms with Crippen molar-refractivity contribution in [1.29, 1.82) is 0 Å². The number of benzene rings is 1. The van der Waals surface area contributed by atoms with Crippen molar-refractivity contribution in [3.63, 3.8) is 0 Å². The molecule has 0 spiro atoms. The standard InChI is InChI=1S/C14H18F2N2O2.ClH/c15-11-2-1-9(7-12(11)16)8-18-14(19)13(17)10-3-5-20-6-4-10;/h1-2,7,10,13H,3-6,8,17H2,(H,18,19);1H. The Balaban J connectivity index is 0.00000220. The number of hydrogen-bond donors (Lipinski definition) is 2. The van der Waals surface area contributed by atoms with E-state index < -0.39 is 17.7 Å². The van der Waals surface area contributed by atoms with Crippen molar-refractivity contribution in [3.05, 3.63) is 35.4 Å². The molecule has 1 aliphatic rings. The summed E-state index contributed by atoms with van der Waals surface area (Å²) >= 11 is 0. The van der Waals surface area contributed by atoms with Crippen LogP contribution >= 0.6 is 12.4 Å². The highest BCUT2D eigenvalue weighted by atomic mass is 35.5. The number of nitrogens with one attached hydrogen (secondary N) is 1. The molecular weight excluding hydrogens is 302 g/mol. The Morgan fingerprint density at radius 1 is 1.33 bits per heavy atom. The average molecular weight is 321 g/mol. The minimum Gasteiger partial charge on any atom is -0.381 e. The Morgan fingerprint density at radius 3 is 2.62 bits per heavy atom. The molecule has 3 N–H and O–H groups in total. The molecule has 118 valence electrons. The maximum absolute atomic E-state index is 13.0. The van der Waals surface area contributed by atoms with Crippen LogP contribution in [0.5, 0.6) is 0 Å². The molecule has 0 bridgehead atoms. The number of ether oxygens (including phenoxy) is 1. The van der Waals surface area contributed by atoms with Gasteiger partial charge >= 0.3 is 0 Å². The third kappa shape index (κ3) is 4.91. The van der Waals surface area contributed by atoms with Gasteiger partial charge in [-0.1, -0.05) is 6.07 Å². The van der Waals surface area contributed by atoms with E-state index in [4.69, 9.17) is 10.5 Å². The van der Waals surface area contributed by atoms with Crippen LogP contribution in [0.2, 0.25) is 0 Å². The molecule has 0 aromatic heterocycles. The first-order valence-electron chi connectivity index (χ1n) is 6.63. The maximum Gasteiger partial charge on any atom is 0.237 e. The number of carbonyl (C=O) groups excluding carboxylic acids is 1. The number of halogens is 3. The Bertz CT molecular complexity index is 482. The van der Waals surface area contributed by atoms with Gasteiger partial charge in [0.25, 0.3) is 0 Å². The smallest absolute Gasteiger partial charge is 0.237 e. The number of nitrogens with two attached hydrogens (primary N) is 1. The summed E-state index contributed by atoms with van der Waals surface area (Å²) < 4.78 is 31.0. The normalized spacial score (nSPS) is 16.9. The molecular formula is C14H19ClF2N2O2. The van der Waals surface area contributed by atoms with Crippen LogP contribution in [0.15, 0.2) is 18.2 Å². The fourth-order valence-corrected chi connectivity index (χ4v) is 2.25. The molecule has 2 rings (SSSR count). The summed E-state index contributed by atoms with van der Waals surface area (Å²) in [6.07, 6.45) is 1.53. The number of rotatable bonds is 4. The SMILES string of the molecule is Cl.NC(C(=O)NCc1ccc(F)c(F)c1)C1CCOCC1. The van der Waals surface area contributed by atoms with E-state index in [0.29, 0.717) is 18.8 Å². The van der Waals surface area contributed by atoms with Crippen LogP contribution in [0.4, 0.5) is 8.78 Å². The summed E-state index contributed by atoms with van der Waals surface area (Å²) in [5.74, 6) is -2.00. The molecule has 1 heterocycles. The highest BCUT2D eigenvalue weighted by Gasteiger charge is 2.26. The van der Waals surface area contributed by atoms with E-state index in [0.717, 1.165) is 25.0 Å². The molecule has 1 fully saturated rings. The van der Waals surface area contributed by atoms with Gasteiger partial charge in [0.05, 0.1) is 6.04 Å². The van der Waals surface area contributed by atoms with E-state index in [1.54, 1.807) is 0 Å². The lowest BCUT2D eigenvalue weighted by atomic mass is 9.92. The molecule has 1 aliphatic heterocycles. The second kappa shape index (κ2) is 8.26. The number of hydrogen-bond acceptors (Lipinski definition) is 3. The third-order valence-electron chi connectivity index (χ3n) is 3.53. The molecule has 0 saturated carbocycles. The van der Waals surface area contributed by atoms with Crippen LogP contribution < -0.4 is 11.1 Å². The monoisotopic (exact) mass is 320 g/mol. The van der Waals surface area contributed by atoms with Crippen LogP contribution in [0.3, 0.4) is 0 Å². The summed E-state index contributed by atoms with van der Waals surface area (Å²) in [5, 5.41) is 2.65. The number of amides is 1. The zero-order valence-electron chi connectivity index (χ0n) is 11.5. The summed E-state index contributed by atoms with van der Waals surface area (Å²) in [5.41, 5.74) is 6.41. The second-order valence-corrected chi connectivity index (χ2v) is 4.94. The highest BCUT2D eigenvalue weighted by molar-refractivity contribution is 5.85. The Labute approximate surface area is 128 Å². The van der Waals surface area contributed by atoms with Crippen LogP contribution in [-0.2, 0) is 16.1 Å². The van der Waals surface area contributed by atoms with Crippen molar-refractivity contribution in [2.24, 2.45) is 11.7 Å². The van der Waals surface area contributed by atoms with Crippen molar-refractivity contribution in [2.75, 3.05) is 13.2 Å². The molecule has 1 saturated heterocycles. The van der Waals surface area contributed by atoms with Crippen molar-refractivity contribution < 1.29 is 18.3 Å². The zero-order chi connectivity index (χ0) is 14.5. The highest BCUT2D eigenvalue weighted by Crippen LogP contribution is 2.17. The first-order chi connectivity index (χ1) is 9.58. The summed E-state index contributed by atoms with van der Waals surface area (Å²) in [7, 11) is 0.